The molecule has 0 amide bonds. The van der Waals surface area contributed by atoms with E-state index in [1.54, 1.807) is 6.07 Å². The van der Waals surface area contributed by atoms with E-state index >= 15 is 0 Å². The highest BCUT2D eigenvalue weighted by Gasteiger charge is 2.33. The van der Waals surface area contributed by atoms with Gasteiger partial charge in [0.1, 0.15) is 5.75 Å². The molecule has 4 aromatic rings. The summed E-state index contributed by atoms with van der Waals surface area (Å²) in [5, 5.41) is 9.21. The third-order valence-electron chi connectivity index (χ3n) is 6.69. The number of alkyl halides is 3. The number of fused-ring (bicyclic) bond motifs is 1. The third-order valence-corrected chi connectivity index (χ3v) is 8.34. The molecule has 0 unspecified atom stereocenters. The van der Waals surface area contributed by atoms with E-state index in [4.69, 9.17) is 4.74 Å². The molecule has 1 atom stereocenters. The molecular weight excluding hydrogens is 550 g/mol. The molecule has 0 spiro atoms. The molecule has 1 aliphatic heterocycles. The highest BCUT2D eigenvalue weighted by Crippen LogP contribution is 2.44. The number of sulfone groups is 1. The van der Waals surface area contributed by atoms with Gasteiger partial charge in [0.15, 0.2) is 9.84 Å². The molecule has 0 saturated heterocycles. The number of pyridine rings is 1. The predicted molar refractivity (Wildman–Crippen MR) is 137 cm³/mol. The Morgan fingerprint density at radius 1 is 0.975 bits per heavy atom. The van der Waals surface area contributed by atoms with Crippen LogP contribution in [-0.4, -0.2) is 31.1 Å². The fourth-order valence-electron chi connectivity index (χ4n) is 4.77. The van der Waals surface area contributed by atoms with Gasteiger partial charge in [0.2, 0.25) is 5.95 Å². The van der Waals surface area contributed by atoms with Crippen molar-refractivity contribution in [3.8, 4) is 16.9 Å². The number of hydrogen-bond acceptors (Lipinski definition) is 5. The average Bonchev–Trinajstić information content (AvgIpc) is 2.91. The van der Waals surface area contributed by atoms with E-state index in [1.165, 1.54) is 54.6 Å². The minimum absolute atomic E-state index is 0.00383. The van der Waals surface area contributed by atoms with Gasteiger partial charge in [-0.1, -0.05) is 30.3 Å². The molecule has 206 valence electrons. The molecule has 40 heavy (non-hydrogen) atoms. The first kappa shape index (κ1) is 27.3. The fourth-order valence-corrected chi connectivity index (χ4v) is 6.05. The summed E-state index contributed by atoms with van der Waals surface area (Å²) in [5.74, 6) is -2.64. The van der Waals surface area contributed by atoms with Crippen molar-refractivity contribution in [1.82, 2.24) is 4.98 Å². The largest absolute Gasteiger partial charge is 0.493 e. The standard InChI is InChI=1S/C29H21F4NO5S/c30-27-3-1-2-20(34-27)16-40(37,38)21-9-11-24-23(12-13-39-26(24)15-21)22-10-8-19(29(31,32)33)14-25(22)17-4-6-18(7-5-17)28(35)36/h1-11,14-15,23H,12-13,16H2,(H,35,36)/t23-/m1/s1. The van der Waals surface area contributed by atoms with E-state index < -0.39 is 45.2 Å². The van der Waals surface area contributed by atoms with Crippen LogP contribution in [0.3, 0.4) is 0 Å². The van der Waals surface area contributed by atoms with Crippen LogP contribution in [0.1, 0.15) is 45.1 Å². The smallest absolute Gasteiger partial charge is 0.416 e. The highest BCUT2D eigenvalue weighted by atomic mass is 32.2. The van der Waals surface area contributed by atoms with Gasteiger partial charge in [0.25, 0.3) is 0 Å². The molecule has 0 radical (unpaired) electrons. The van der Waals surface area contributed by atoms with Crippen molar-refractivity contribution in [1.29, 1.82) is 0 Å². The lowest BCUT2D eigenvalue weighted by atomic mass is 9.82. The van der Waals surface area contributed by atoms with Gasteiger partial charge in [-0.05, 0) is 71.6 Å². The topological polar surface area (TPSA) is 93.6 Å². The Morgan fingerprint density at radius 2 is 1.70 bits per heavy atom. The van der Waals surface area contributed by atoms with Crippen LogP contribution in [-0.2, 0) is 21.8 Å². The Morgan fingerprint density at radius 3 is 2.38 bits per heavy atom. The van der Waals surface area contributed by atoms with Crippen molar-refractivity contribution >= 4 is 15.8 Å². The van der Waals surface area contributed by atoms with Crippen molar-refractivity contribution in [3.63, 3.8) is 0 Å². The quantitative estimate of drug-likeness (QED) is 0.210. The van der Waals surface area contributed by atoms with Crippen molar-refractivity contribution in [2.75, 3.05) is 6.61 Å². The molecule has 1 N–H and O–H groups in total. The minimum atomic E-state index is -4.60. The maximum absolute atomic E-state index is 13.6. The van der Waals surface area contributed by atoms with Crippen molar-refractivity contribution in [2.45, 2.75) is 29.2 Å². The fraction of sp³-hybridized carbons (Fsp3) is 0.172. The maximum Gasteiger partial charge on any atom is 0.416 e. The molecule has 5 rings (SSSR count). The molecule has 0 saturated carbocycles. The van der Waals surface area contributed by atoms with Crippen LogP contribution >= 0.6 is 0 Å². The number of aromatic carboxylic acids is 1. The maximum atomic E-state index is 13.6. The Kier molecular flexibility index (Phi) is 7.09. The number of halogens is 4. The first-order chi connectivity index (χ1) is 18.9. The zero-order chi connectivity index (χ0) is 28.7. The number of aromatic nitrogens is 1. The molecule has 3 aromatic carbocycles. The van der Waals surface area contributed by atoms with Gasteiger partial charge in [-0.25, -0.2) is 18.2 Å². The van der Waals surface area contributed by atoms with Crippen molar-refractivity contribution in [2.24, 2.45) is 0 Å². The number of benzene rings is 3. The molecule has 1 aliphatic rings. The summed E-state index contributed by atoms with van der Waals surface area (Å²) in [6, 6.07) is 17.2. The van der Waals surface area contributed by atoms with E-state index in [1.807, 2.05) is 0 Å². The van der Waals surface area contributed by atoms with Gasteiger partial charge in [-0.15, -0.1) is 0 Å². The summed E-state index contributed by atoms with van der Waals surface area (Å²) in [6.07, 6.45) is -4.18. The zero-order valence-corrected chi connectivity index (χ0v) is 21.5. The van der Waals surface area contributed by atoms with E-state index in [9.17, 15) is 35.9 Å². The second-order valence-electron chi connectivity index (χ2n) is 9.28. The lowest BCUT2D eigenvalue weighted by Gasteiger charge is -2.29. The molecule has 11 heteroatoms. The average molecular weight is 572 g/mol. The number of carboxylic acids is 1. The summed E-state index contributed by atoms with van der Waals surface area (Å²) in [6.45, 7) is 0.186. The zero-order valence-electron chi connectivity index (χ0n) is 20.7. The van der Waals surface area contributed by atoms with Crippen LogP contribution < -0.4 is 4.74 Å². The van der Waals surface area contributed by atoms with Gasteiger partial charge in [-0.2, -0.15) is 17.6 Å². The molecule has 0 aliphatic carbocycles. The van der Waals surface area contributed by atoms with E-state index in [0.29, 0.717) is 23.1 Å². The van der Waals surface area contributed by atoms with Crippen LogP contribution in [0.25, 0.3) is 11.1 Å². The molecular formula is C29H21F4NO5S. The normalized spacial score (nSPS) is 15.2. The Balaban J connectivity index is 1.55. The second-order valence-corrected chi connectivity index (χ2v) is 11.3. The number of carbonyl (C=O) groups is 1. The Labute approximate surface area is 226 Å². The van der Waals surface area contributed by atoms with Crippen molar-refractivity contribution < 1.29 is 40.6 Å². The summed E-state index contributed by atoms with van der Waals surface area (Å²) in [5.41, 5.74) is 1.01. The van der Waals surface area contributed by atoms with Crippen LogP contribution in [0.5, 0.6) is 5.75 Å². The van der Waals surface area contributed by atoms with Crippen LogP contribution in [0.2, 0.25) is 0 Å². The summed E-state index contributed by atoms with van der Waals surface area (Å²) in [7, 11) is -3.91. The van der Waals surface area contributed by atoms with Gasteiger partial charge in [0.05, 0.1) is 34.1 Å². The van der Waals surface area contributed by atoms with Gasteiger partial charge in [0, 0.05) is 11.5 Å². The van der Waals surface area contributed by atoms with E-state index in [2.05, 4.69) is 4.98 Å². The van der Waals surface area contributed by atoms with E-state index in [0.717, 1.165) is 18.2 Å². The third kappa shape index (κ3) is 5.55. The van der Waals surface area contributed by atoms with Crippen LogP contribution in [0.4, 0.5) is 17.6 Å². The monoisotopic (exact) mass is 571 g/mol. The lowest BCUT2D eigenvalue weighted by molar-refractivity contribution is -0.137. The number of ether oxygens (including phenoxy) is 1. The molecule has 1 aromatic heterocycles. The second kappa shape index (κ2) is 10.4. The van der Waals surface area contributed by atoms with Crippen molar-refractivity contribution in [3.05, 3.63) is 113 Å². The van der Waals surface area contributed by atoms with Gasteiger partial charge >= 0.3 is 12.1 Å². The van der Waals surface area contributed by atoms with Gasteiger partial charge < -0.3 is 9.84 Å². The number of nitrogens with zero attached hydrogens (tertiary/aromatic N) is 1. The Bertz CT molecular complexity index is 1700. The molecule has 0 fully saturated rings. The van der Waals surface area contributed by atoms with Crippen LogP contribution in [0.15, 0.2) is 83.8 Å². The summed E-state index contributed by atoms with van der Waals surface area (Å²) in [4.78, 5) is 14.8. The SMILES string of the molecule is O=C(O)c1ccc(-c2cc(C(F)(F)F)ccc2[C@H]2CCOc3cc(S(=O)(=O)Cc4cccc(F)n4)ccc32)cc1. The van der Waals surface area contributed by atoms with Gasteiger partial charge in [-0.3, -0.25) is 0 Å². The number of hydrogen-bond donors (Lipinski definition) is 1. The first-order valence-electron chi connectivity index (χ1n) is 12.1. The highest BCUT2D eigenvalue weighted by molar-refractivity contribution is 7.90. The first-order valence-corrected chi connectivity index (χ1v) is 13.7. The summed E-state index contributed by atoms with van der Waals surface area (Å²) < 4.78 is 86.1. The number of carboxylic acid groups (broad SMARTS) is 1. The molecule has 0 bridgehead atoms. The van der Waals surface area contributed by atoms with Crippen LogP contribution in [0, 0.1) is 5.95 Å². The Hall–Kier alpha value is -4.25. The molecule has 6 nitrogen and oxygen atoms in total. The number of rotatable bonds is 6. The van der Waals surface area contributed by atoms with E-state index in [-0.39, 0.29) is 34.1 Å². The summed E-state index contributed by atoms with van der Waals surface area (Å²) >= 11 is 0. The predicted octanol–water partition coefficient (Wildman–Crippen LogP) is 6.49. The lowest BCUT2D eigenvalue weighted by Crippen LogP contribution is -2.17. The molecule has 2 heterocycles. The minimum Gasteiger partial charge on any atom is -0.493 e.